The highest BCUT2D eigenvalue weighted by atomic mass is 79.9. The molecule has 212 valence electrons. The van der Waals surface area contributed by atoms with Crippen LogP contribution in [0.15, 0.2) is 81.8 Å². The number of carbonyl (C=O) groups is 2. The zero-order valence-corrected chi connectivity index (χ0v) is 25.1. The summed E-state index contributed by atoms with van der Waals surface area (Å²) in [5.74, 6) is 0.841. The molecule has 8 nitrogen and oxygen atoms in total. The van der Waals surface area contributed by atoms with Crippen molar-refractivity contribution in [2.24, 2.45) is 5.92 Å². The van der Waals surface area contributed by atoms with Crippen LogP contribution in [0.5, 0.6) is 0 Å². The van der Waals surface area contributed by atoms with Crippen LogP contribution in [0.4, 0.5) is 11.4 Å². The molecule has 41 heavy (non-hydrogen) atoms. The zero-order valence-electron chi connectivity index (χ0n) is 23.5. The van der Waals surface area contributed by atoms with Gasteiger partial charge in [-0.25, -0.2) is 0 Å². The molecule has 0 saturated carbocycles. The highest BCUT2D eigenvalue weighted by Gasteiger charge is 2.26. The predicted molar refractivity (Wildman–Crippen MR) is 164 cm³/mol. The van der Waals surface area contributed by atoms with Crippen LogP contribution in [0.1, 0.15) is 55.4 Å². The highest BCUT2D eigenvalue weighted by Crippen LogP contribution is 2.25. The Morgan fingerprint density at radius 1 is 0.951 bits per heavy atom. The summed E-state index contributed by atoms with van der Waals surface area (Å²) in [6, 6.07) is 22.7. The number of nitrogens with zero attached hydrogens (tertiary/aromatic N) is 3. The fraction of sp³-hybridized carbons (Fsp3) is 0.312. The van der Waals surface area contributed by atoms with Crippen molar-refractivity contribution in [2.45, 2.75) is 45.6 Å². The Bertz CT molecular complexity index is 1500. The van der Waals surface area contributed by atoms with E-state index in [1.54, 1.807) is 6.07 Å². The molecule has 1 aliphatic rings. The molecule has 9 heteroatoms. The molecule has 3 aromatic carbocycles. The summed E-state index contributed by atoms with van der Waals surface area (Å²) in [4.78, 5) is 32.6. The minimum atomic E-state index is -0.188. The molecule has 0 unspecified atom stereocenters. The number of benzene rings is 3. The molecule has 0 bridgehead atoms. The van der Waals surface area contributed by atoms with Crippen molar-refractivity contribution in [1.82, 2.24) is 15.0 Å². The molecule has 2 amide bonds. The first-order valence-electron chi connectivity index (χ1n) is 13.8. The Morgan fingerprint density at radius 3 is 2.27 bits per heavy atom. The third-order valence-electron chi connectivity index (χ3n) is 7.29. The number of carbonyl (C=O) groups excluding carboxylic acids is 2. The van der Waals surface area contributed by atoms with Crippen molar-refractivity contribution in [3.05, 3.63) is 94.3 Å². The van der Waals surface area contributed by atoms with E-state index in [0.29, 0.717) is 35.2 Å². The van der Waals surface area contributed by atoms with Gasteiger partial charge in [0, 0.05) is 32.9 Å². The Morgan fingerprint density at radius 2 is 1.61 bits per heavy atom. The molecule has 1 fully saturated rings. The van der Waals surface area contributed by atoms with Gasteiger partial charge in [-0.1, -0.05) is 60.1 Å². The number of anilines is 2. The van der Waals surface area contributed by atoms with Crippen molar-refractivity contribution in [1.29, 1.82) is 0 Å². The van der Waals surface area contributed by atoms with Crippen LogP contribution in [0, 0.1) is 5.92 Å². The molecule has 0 atom stereocenters. The van der Waals surface area contributed by atoms with E-state index in [1.165, 1.54) is 5.56 Å². The van der Waals surface area contributed by atoms with Crippen LogP contribution in [-0.2, 0) is 16.8 Å². The maximum Gasteiger partial charge on any atom is 0.255 e. The quantitative estimate of drug-likeness (QED) is 0.234. The van der Waals surface area contributed by atoms with E-state index in [2.05, 4.69) is 62.4 Å². The largest absolute Gasteiger partial charge is 0.338 e. The summed E-state index contributed by atoms with van der Waals surface area (Å²) in [6.45, 7) is 8.50. The van der Waals surface area contributed by atoms with E-state index in [9.17, 15) is 9.59 Å². The maximum atomic E-state index is 13.0. The minimum absolute atomic E-state index is 0.0128. The summed E-state index contributed by atoms with van der Waals surface area (Å²) < 4.78 is 6.46. The third-order valence-corrected chi connectivity index (χ3v) is 7.82. The lowest BCUT2D eigenvalue weighted by Crippen LogP contribution is -2.37. The monoisotopic (exact) mass is 615 g/mol. The van der Waals surface area contributed by atoms with Gasteiger partial charge in [0.05, 0.1) is 6.54 Å². The number of aromatic nitrogens is 2. The van der Waals surface area contributed by atoms with E-state index in [4.69, 9.17) is 4.52 Å². The average Bonchev–Trinajstić information content (AvgIpc) is 3.42. The molecule has 1 aliphatic heterocycles. The molecule has 2 N–H and O–H groups in total. The van der Waals surface area contributed by atoms with Gasteiger partial charge < -0.3 is 15.2 Å². The van der Waals surface area contributed by atoms with Crippen molar-refractivity contribution in [3.8, 4) is 11.4 Å². The van der Waals surface area contributed by atoms with Crippen LogP contribution >= 0.6 is 15.9 Å². The predicted octanol–water partition coefficient (Wildman–Crippen LogP) is 6.90. The zero-order chi connectivity index (χ0) is 29.0. The van der Waals surface area contributed by atoms with Crippen LogP contribution in [-0.4, -0.2) is 39.9 Å². The summed E-state index contributed by atoms with van der Waals surface area (Å²) >= 11 is 3.43. The molecule has 0 radical (unpaired) electrons. The topological polar surface area (TPSA) is 100 Å². The van der Waals surface area contributed by atoms with Crippen molar-refractivity contribution in [3.63, 3.8) is 0 Å². The van der Waals surface area contributed by atoms with Gasteiger partial charge in [-0.05, 0) is 91.5 Å². The lowest BCUT2D eigenvalue weighted by Gasteiger charge is -2.30. The number of hydrogen-bond donors (Lipinski definition) is 2. The van der Waals surface area contributed by atoms with Gasteiger partial charge >= 0.3 is 0 Å². The standard InChI is InChI=1S/C32H34BrN5O3/c1-32(2,3)24-11-7-22(8-12-24)30(39)34-26-5-4-6-27(19-26)35-31(40)23-15-17-38(18-16-23)20-28-36-29(37-41-28)21-9-13-25(33)14-10-21/h4-14,19,23H,15-18,20H2,1-3H3,(H,34,39)(H,35,40). The number of nitrogens with one attached hydrogen (secondary N) is 2. The number of likely N-dealkylation sites (tertiary alicyclic amines) is 1. The second kappa shape index (κ2) is 12.4. The van der Waals surface area contributed by atoms with E-state index in [1.807, 2.05) is 66.7 Å². The van der Waals surface area contributed by atoms with E-state index >= 15 is 0 Å². The van der Waals surface area contributed by atoms with Crippen LogP contribution < -0.4 is 10.6 Å². The highest BCUT2D eigenvalue weighted by molar-refractivity contribution is 9.10. The van der Waals surface area contributed by atoms with Crippen molar-refractivity contribution >= 4 is 39.1 Å². The Kier molecular flexibility index (Phi) is 8.65. The van der Waals surface area contributed by atoms with E-state index < -0.39 is 0 Å². The molecule has 4 aromatic rings. The van der Waals surface area contributed by atoms with Crippen molar-refractivity contribution < 1.29 is 14.1 Å². The van der Waals surface area contributed by atoms with Gasteiger partial charge in [0.15, 0.2) is 0 Å². The number of piperidine rings is 1. The Labute approximate surface area is 248 Å². The van der Waals surface area contributed by atoms with Gasteiger partial charge in [-0.3, -0.25) is 14.5 Å². The average molecular weight is 617 g/mol. The first-order chi connectivity index (χ1) is 19.6. The Hall–Kier alpha value is -3.82. The number of halogens is 1. The lowest BCUT2D eigenvalue weighted by atomic mass is 9.87. The summed E-state index contributed by atoms with van der Waals surface area (Å²) in [5.41, 5.74) is 3.97. The second-order valence-electron chi connectivity index (χ2n) is 11.4. The minimum Gasteiger partial charge on any atom is -0.338 e. The molecule has 2 heterocycles. The summed E-state index contributed by atoms with van der Waals surface area (Å²) in [7, 11) is 0. The summed E-state index contributed by atoms with van der Waals surface area (Å²) in [5, 5.41) is 10.1. The number of hydrogen-bond acceptors (Lipinski definition) is 6. The maximum absolute atomic E-state index is 13.0. The lowest BCUT2D eigenvalue weighted by molar-refractivity contribution is -0.121. The number of rotatable bonds is 7. The molecule has 1 saturated heterocycles. The van der Waals surface area contributed by atoms with Gasteiger partial charge in [0.1, 0.15) is 0 Å². The molecule has 1 aromatic heterocycles. The molecular formula is C32H34BrN5O3. The van der Waals surface area contributed by atoms with Gasteiger partial charge in [-0.2, -0.15) is 4.98 Å². The van der Waals surface area contributed by atoms with E-state index in [0.717, 1.165) is 36.0 Å². The summed E-state index contributed by atoms with van der Waals surface area (Å²) in [6.07, 6.45) is 1.47. The smallest absolute Gasteiger partial charge is 0.255 e. The van der Waals surface area contributed by atoms with Crippen molar-refractivity contribution in [2.75, 3.05) is 23.7 Å². The number of amides is 2. The molecular weight excluding hydrogens is 582 g/mol. The third kappa shape index (κ3) is 7.48. The van der Waals surface area contributed by atoms with Gasteiger partial charge in [0.25, 0.3) is 5.91 Å². The second-order valence-corrected chi connectivity index (χ2v) is 12.3. The fourth-order valence-corrected chi connectivity index (χ4v) is 5.09. The Balaban J connectivity index is 1.11. The fourth-order valence-electron chi connectivity index (χ4n) is 4.82. The van der Waals surface area contributed by atoms with E-state index in [-0.39, 0.29) is 23.1 Å². The first-order valence-corrected chi connectivity index (χ1v) is 14.6. The normalized spacial score (nSPS) is 14.5. The first kappa shape index (κ1) is 28.7. The van der Waals surface area contributed by atoms with Crippen LogP contribution in [0.25, 0.3) is 11.4 Å². The SMILES string of the molecule is CC(C)(C)c1ccc(C(=O)Nc2cccc(NC(=O)C3CCN(Cc4nc(-c5ccc(Br)cc5)no4)CC3)c2)cc1. The molecule has 0 aliphatic carbocycles. The molecule has 5 rings (SSSR count). The van der Waals surface area contributed by atoms with Gasteiger partial charge in [0.2, 0.25) is 17.6 Å². The molecule has 0 spiro atoms. The van der Waals surface area contributed by atoms with Crippen LogP contribution in [0.2, 0.25) is 0 Å². The van der Waals surface area contributed by atoms with Gasteiger partial charge in [-0.15, -0.1) is 0 Å². The van der Waals surface area contributed by atoms with Crippen LogP contribution in [0.3, 0.4) is 0 Å².